The van der Waals surface area contributed by atoms with Crippen LogP contribution in [0.15, 0.2) is 48.9 Å². The molecule has 0 aliphatic carbocycles. The van der Waals surface area contributed by atoms with E-state index >= 15 is 0 Å². The van der Waals surface area contributed by atoms with Gasteiger partial charge in [-0.25, -0.2) is 4.98 Å². The molecule has 160 valence electrons. The van der Waals surface area contributed by atoms with Crippen molar-refractivity contribution in [3.8, 4) is 5.75 Å². The Morgan fingerprint density at radius 1 is 1.19 bits per heavy atom. The van der Waals surface area contributed by atoms with Gasteiger partial charge in [-0.05, 0) is 69.5 Å². The number of nitrogens with zero attached hydrogens (tertiary/aromatic N) is 4. The Hall–Kier alpha value is -2.99. The molecule has 0 radical (unpaired) electrons. The number of benzene rings is 1. The van der Waals surface area contributed by atoms with Crippen molar-refractivity contribution >= 4 is 11.5 Å². The quantitative estimate of drug-likeness (QED) is 0.634. The fraction of sp³-hybridized carbons (Fsp3) is 0.400. The van der Waals surface area contributed by atoms with Crippen LogP contribution in [0.2, 0.25) is 0 Å². The van der Waals surface area contributed by atoms with Crippen molar-refractivity contribution in [2.75, 3.05) is 11.9 Å². The summed E-state index contributed by atoms with van der Waals surface area (Å²) in [6.07, 6.45) is 8.39. The highest BCUT2D eigenvalue weighted by Crippen LogP contribution is 2.37. The van der Waals surface area contributed by atoms with Gasteiger partial charge in [0.25, 0.3) is 0 Å². The molecule has 0 saturated carbocycles. The second-order valence-electron chi connectivity index (χ2n) is 9.25. The maximum atomic E-state index is 6.04. The first kappa shape index (κ1) is 19.9. The fourth-order valence-electron chi connectivity index (χ4n) is 4.79. The van der Waals surface area contributed by atoms with Crippen LogP contribution in [0.3, 0.4) is 0 Å². The first-order valence-corrected chi connectivity index (χ1v) is 11.0. The third-order valence-electron chi connectivity index (χ3n) is 6.03. The maximum absolute atomic E-state index is 6.04. The third-order valence-corrected chi connectivity index (χ3v) is 6.03. The van der Waals surface area contributed by atoms with E-state index in [2.05, 4.69) is 64.4 Å². The van der Waals surface area contributed by atoms with E-state index in [1.165, 1.54) is 17.5 Å². The van der Waals surface area contributed by atoms with Crippen molar-refractivity contribution < 1.29 is 4.74 Å². The van der Waals surface area contributed by atoms with Crippen LogP contribution in [0.25, 0.3) is 0 Å². The fourth-order valence-corrected chi connectivity index (χ4v) is 4.79. The average Bonchev–Trinajstić information content (AvgIpc) is 3.30. The van der Waals surface area contributed by atoms with Gasteiger partial charge in [0.15, 0.2) is 0 Å². The van der Waals surface area contributed by atoms with Crippen molar-refractivity contribution in [2.45, 2.75) is 58.2 Å². The average molecular weight is 416 g/mol. The van der Waals surface area contributed by atoms with Gasteiger partial charge in [0.1, 0.15) is 17.2 Å². The molecule has 2 aliphatic rings. The molecule has 1 N–H and O–H groups in total. The summed E-state index contributed by atoms with van der Waals surface area (Å²) in [7, 11) is 0. The lowest BCUT2D eigenvalue weighted by Crippen LogP contribution is -2.24. The van der Waals surface area contributed by atoms with Gasteiger partial charge in [-0.15, -0.1) is 0 Å². The van der Waals surface area contributed by atoms with Crippen LogP contribution in [-0.4, -0.2) is 32.0 Å². The zero-order valence-electron chi connectivity index (χ0n) is 18.4. The maximum Gasteiger partial charge on any atom is 0.148 e. The summed E-state index contributed by atoms with van der Waals surface area (Å²) < 4.78 is 6.04. The van der Waals surface area contributed by atoms with Crippen LogP contribution >= 0.6 is 0 Å². The zero-order valence-corrected chi connectivity index (χ0v) is 18.4. The van der Waals surface area contributed by atoms with E-state index in [0.29, 0.717) is 6.04 Å². The second-order valence-corrected chi connectivity index (χ2v) is 9.25. The molecule has 1 saturated heterocycles. The number of likely N-dealkylation sites (tertiary alicyclic amines) is 1. The molecule has 1 aromatic carbocycles. The molecule has 0 bridgehead atoms. The smallest absolute Gasteiger partial charge is 0.148 e. The van der Waals surface area contributed by atoms with Gasteiger partial charge < -0.3 is 10.1 Å². The molecule has 0 unspecified atom stereocenters. The Bertz CT molecular complexity index is 1080. The number of aryl methyl sites for hydroxylation is 1. The van der Waals surface area contributed by atoms with Crippen molar-refractivity contribution in [1.82, 2.24) is 19.9 Å². The van der Waals surface area contributed by atoms with Gasteiger partial charge in [-0.1, -0.05) is 12.1 Å². The van der Waals surface area contributed by atoms with Crippen LogP contribution in [0, 0.1) is 6.92 Å². The Morgan fingerprint density at radius 2 is 2.10 bits per heavy atom. The molecule has 0 spiro atoms. The minimum Gasteiger partial charge on any atom is -0.487 e. The molecular weight excluding hydrogens is 386 g/mol. The lowest BCUT2D eigenvalue weighted by atomic mass is 10.00. The number of anilines is 2. The van der Waals surface area contributed by atoms with Crippen molar-refractivity contribution in [2.24, 2.45) is 0 Å². The van der Waals surface area contributed by atoms with E-state index in [1.54, 1.807) is 18.6 Å². The number of aromatic nitrogens is 3. The first-order chi connectivity index (χ1) is 14.9. The summed E-state index contributed by atoms with van der Waals surface area (Å²) in [4.78, 5) is 15.9. The SMILES string of the molecule is Cc1cc(Nc2cnccn2)cc([C@H]2CCCN2Cc2ccc3c(c2)CC(C)(C)O3)n1. The van der Waals surface area contributed by atoms with Crippen molar-refractivity contribution in [1.29, 1.82) is 0 Å². The van der Waals surface area contributed by atoms with Crippen LogP contribution in [0.1, 0.15) is 55.2 Å². The minimum atomic E-state index is -0.102. The van der Waals surface area contributed by atoms with E-state index in [4.69, 9.17) is 9.72 Å². The number of rotatable bonds is 5. The summed E-state index contributed by atoms with van der Waals surface area (Å²) in [6, 6.07) is 11.2. The van der Waals surface area contributed by atoms with Crippen LogP contribution in [0.4, 0.5) is 11.5 Å². The minimum absolute atomic E-state index is 0.102. The molecule has 3 aromatic rings. The van der Waals surface area contributed by atoms with E-state index in [-0.39, 0.29) is 5.60 Å². The number of pyridine rings is 1. The lowest BCUT2D eigenvalue weighted by Gasteiger charge is -2.25. The van der Waals surface area contributed by atoms with Crippen molar-refractivity contribution in [3.05, 3.63) is 71.4 Å². The molecule has 31 heavy (non-hydrogen) atoms. The number of hydrogen-bond donors (Lipinski definition) is 1. The monoisotopic (exact) mass is 415 g/mol. The van der Waals surface area contributed by atoms with E-state index in [0.717, 1.165) is 54.6 Å². The molecular formula is C25H29N5O. The number of ether oxygens (including phenoxy) is 1. The summed E-state index contributed by atoms with van der Waals surface area (Å²) in [5.74, 6) is 1.78. The standard InChI is InChI=1S/C25H29N5O/c1-17-11-20(29-24-15-26-8-9-27-24)13-21(28-17)22-5-4-10-30(22)16-18-6-7-23-19(12-18)14-25(2,3)31-23/h6-9,11-13,15,22H,4-5,10,14,16H2,1-3H3,(H,27,28,29)/t22-/m1/s1. The Morgan fingerprint density at radius 3 is 2.94 bits per heavy atom. The highest BCUT2D eigenvalue weighted by molar-refractivity contribution is 5.56. The number of fused-ring (bicyclic) bond motifs is 1. The van der Waals surface area contributed by atoms with Gasteiger partial charge in [0.2, 0.25) is 0 Å². The lowest BCUT2D eigenvalue weighted by molar-refractivity contribution is 0.138. The topological polar surface area (TPSA) is 63.2 Å². The predicted octanol–water partition coefficient (Wildman–Crippen LogP) is 4.97. The van der Waals surface area contributed by atoms with Gasteiger partial charge in [-0.2, -0.15) is 0 Å². The summed E-state index contributed by atoms with van der Waals surface area (Å²) in [5.41, 5.74) is 5.70. The Kier molecular flexibility index (Phi) is 5.10. The first-order valence-electron chi connectivity index (χ1n) is 11.0. The number of hydrogen-bond acceptors (Lipinski definition) is 6. The van der Waals surface area contributed by atoms with Gasteiger partial charge in [0.05, 0.1) is 17.9 Å². The van der Waals surface area contributed by atoms with Gasteiger partial charge in [0, 0.05) is 36.7 Å². The molecule has 0 amide bonds. The normalized spacial score (nSPS) is 19.8. The third kappa shape index (κ3) is 4.39. The van der Waals surface area contributed by atoms with Crippen LogP contribution in [-0.2, 0) is 13.0 Å². The molecule has 2 aromatic heterocycles. The molecule has 6 nitrogen and oxygen atoms in total. The summed E-state index contributed by atoms with van der Waals surface area (Å²) in [6.45, 7) is 8.37. The second kappa shape index (κ2) is 7.93. The highest BCUT2D eigenvalue weighted by atomic mass is 16.5. The molecule has 2 aliphatic heterocycles. The van der Waals surface area contributed by atoms with Crippen LogP contribution in [0.5, 0.6) is 5.75 Å². The van der Waals surface area contributed by atoms with E-state index < -0.39 is 0 Å². The van der Waals surface area contributed by atoms with Gasteiger partial charge >= 0.3 is 0 Å². The zero-order chi connectivity index (χ0) is 21.4. The van der Waals surface area contributed by atoms with E-state index in [9.17, 15) is 0 Å². The number of nitrogens with one attached hydrogen (secondary N) is 1. The Balaban J connectivity index is 1.35. The molecule has 1 atom stereocenters. The summed E-state index contributed by atoms with van der Waals surface area (Å²) in [5, 5.41) is 3.36. The largest absolute Gasteiger partial charge is 0.487 e. The van der Waals surface area contributed by atoms with E-state index in [1.807, 2.05) is 6.92 Å². The van der Waals surface area contributed by atoms with Gasteiger partial charge in [-0.3, -0.25) is 14.9 Å². The molecule has 1 fully saturated rings. The predicted molar refractivity (Wildman–Crippen MR) is 122 cm³/mol. The molecule has 5 rings (SSSR count). The molecule has 4 heterocycles. The highest BCUT2D eigenvalue weighted by Gasteiger charge is 2.31. The van der Waals surface area contributed by atoms with Crippen molar-refractivity contribution in [3.63, 3.8) is 0 Å². The molecule has 6 heteroatoms. The summed E-state index contributed by atoms with van der Waals surface area (Å²) >= 11 is 0. The van der Waals surface area contributed by atoms with Crippen LogP contribution < -0.4 is 10.1 Å². The Labute approximate surface area is 183 Å².